The summed E-state index contributed by atoms with van der Waals surface area (Å²) in [6.45, 7) is 0. The molecule has 2 aromatic rings. The lowest BCUT2D eigenvalue weighted by atomic mass is 9.98. The molecule has 0 unspecified atom stereocenters. The van der Waals surface area contributed by atoms with Crippen molar-refractivity contribution in [3.63, 3.8) is 0 Å². The molecule has 1 aromatic carbocycles. The van der Waals surface area contributed by atoms with Crippen LogP contribution in [0.25, 0.3) is 5.57 Å². The lowest BCUT2D eigenvalue weighted by Crippen LogP contribution is -2.23. The molecule has 4 nitrogen and oxygen atoms in total. The standard InChI is InChI=1S/C20H18ClFN2O2/c21-16-6-3-12(9-17(16)22)15(10-13-4-8-19(25)23-13)18-7-5-14(11-1-2-11)20(26)24-18/h3,5-7,9-11,13H,1-2,4,8H2,(H,23,25)(H,24,26)/b15-10-/t13-/m1/s1. The molecule has 2 aliphatic rings. The number of hydrogen-bond donors (Lipinski definition) is 2. The molecule has 2 fully saturated rings. The van der Waals surface area contributed by atoms with Crippen molar-refractivity contribution in [3.8, 4) is 0 Å². The molecule has 1 saturated heterocycles. The average Bonchev–Trinajstić information content (AvgIpc) is 3.37. The van der Waals surface area contributed by atoms with Crippen LogP contribution in [0, 0.1) is 5.82 Å². The molecule has 134 valence electrons. The lowest BCUT2D eigenvalue weighted by Gasteiger charge is -2.13. The third-order valence-corrected chi connectivity index (χ3v) is 5.18. The van der Waals surface area contributed by atoms with Gasteiger partial charge in [0.05, 0.1) is 5.02 Å². The molecule has 1 aliphatic heterocycles. The maximum absolute atomic E-state index is 14.0. The molecule has 1 aliphatic carbocycles. The molecule has 0 bridgehead atoms. The van der Waals surface area contributed by atoms with Crippen LogP contribution < -0.4 is 10.9 Å². The summed E-state index contributed by atoms with van der Waals surface area (Å²) in [5.74, 6) is -0.185. The smallest absolute Gasteiger partial charge is 0.251 e. The van der Waals surface area contributed by atoms with Crippen molar-refractivity contribution in [2.75, 3.05) is 0 Å². The van der Waals surface area contributed by atoms with Gasteiger partial charge >= 0.3 is 0 Å². The van der Waals surface area contributed by atoms with Crippen LogP contribution in [0.15, 0.2) is 41.2 Å². The summed E-state index contributed by atoms with van der Waals surface area (Å²) in [7, 11) is 0. The second kappa shape index (κ2) is 6.72. The molecule has 1 amide bonds. The minimum absolute atomic E-state index is 0.00883. The number of rotatable bonds is 4. The van der Waals surface area contributed by atoms with Crippen molar-refractivity contribution < 1.29 is 9.18 Å². The maximum Gasteiger partial charge on any atom is 0.251 e. The van der Waals surface area contributed by atoms with E-state index in [1.807, 2.05) is 18.2 Å². The van der Waals surface area contributed by atoms with Gasteiger partial charge in [0.1, 0.15) is 5.82 Å². The van der Waals surface area contributed by atoms with Gasteiger partial charge in [0.2, 0.25) is 5.91 Å². The van der Waals surface area contributed by atoms with E-state index in [9.17, 15) is 14.0 Å². The van der Waals surface area contributed by atoms with Crippen molar-refractivity contribution in [2.24, 2.45) is 0 Å². The Morgan fingerprint density at radius 2 is 1.96 bits per heavy atom. The Labute approximate surface area is 155 Å². The topological polar surface area (TPSA) is 62.0 Å². The fourth-order valence-corrected chi connectivity index (χ4v) is 3.44. The fraction of sp³-hybridized carbons (Fsp3) is 0.300. The second-order valence-electron chi connectivity index (χ2n) is 6.85. The van der Waals surface area contributed by atoms with Gasteiger partial charge < -0.3 is 10.3 Å². The van der Waals surface area contributed by atoms with Crippen LogP contribution in [-0.4, -0.2) is 16.9 Å². The monoisotopic (exact) mass is 372 g/mol. The van der Waals surface area contributed by atoms with Crippen LogP contribution in [0.5, 0.6) is 0 Å². The molecule has 1 atom stereocenters. The van der Waals surface area contributed by atoms with Crippen LogP contribution in [0.3, 0.4) is 0 Å². The summed E-state index contributed by atoms with van der Waals surface area (Å²) in [5.41, 5.74) is 2.56. The number of aromatic amines is 1. The molecule has 1 saturated carbocycles. The van der Waals surface area contributed by atoms with Crippen LogP contribution in [-0.2, 0) is 4.79 Å². The predicted molar refractivity (Wildman–Crippen MR) is 98.7 cm³/mol. The Bertz CT molecular complexity index is 963. The summed E-state index contributed by atoms with van der Waals surface area (Å²) in [5, 5.41) is 2.92. The molecular weight excluding hydrogens is 355 g/mol. The Morgan fingerprint density at radius 1 is 1.15 bits per heavy atom. The number of benzene rings is 1. The number of amides is 1. The molecule has 0 radical (unpaired) electrons. The van der Waals surface area contributed by atoms with E-state index < -0.39 is 5.82 Å². The quantitative estimate of drug-likeness (QED) is 0.858. The number of nitrogens with one attached hydrogen (secondary N) is 2. The number of carbonyl (C=O) groups excluding carboxylic acids is 1. The number of aromatic nitrogens is 1. The highest BCUT2D eigenvalue weighted by Gasteiger charge is 2.26. The Morgan fingerprint density at radius 3 is 2.58 bits per heavy atom. The van der Waals surface area contributed by atoms with E-state index in [1.54, 1.807) is 6.07 Å². The van der Waals surface area contributed by atoms with Crippen molar-refractivity contribution >= 4 is 23.1 Å². The van der Waals surface area contributed by atoms with E-state index in [2.05, 4.69) is 10.3 Å². The normalized spacial score (nSPS) is 20.3. The minimum Gasteiger partial charge on any atom is -0.350 e. The summed E-state index contributed by atoms with van der Waals surface area (Å²) in [6, 6.07) is 8.09. The van der Waals surface area contributed by atoms with Gasteiger partial charge in [-0.25, -0.2) is 4.39 Å². The van der Waals surface area contributed by atoms with Gasteiger partial charge in [0.25, 0.3) is 5.56 Å². The number of carbonyl (C=O) groups is 1. The van der Waals surface area contributed by atoms with Crippen LogP contribution in [0.1, 0.15) is 48.4 Å². The first-order chi connectivity index (χ1) is 12.5. The van der Waals surface area contributed by atoms with E-state index in [0.717, 1.165) is 18.4 Å². The molecule has 6 heteroatoms. The van der Waals surface area contributed by atoms with E-state index in [-0.39, 0.29) is 22.5 Å². The van der Waals surface area contributed by atoms with Crippen LogP contribution in [0.2, 0.25) is 5.02 Å². The number of H-pyrrole nitrogens is 1. The van der Waals surface area contributed by atoms with E-state index in [4.69, 9.17) is 11.6 Å². The zero-order chi connectivity index (χ0) is 18.3. The van der Waals surface area contributed by atoms with E-state index in [0.29, 0.717) is 35.6 Å². The fourth-order valence-electron chi connectivity index (χ4n) is 3.33. The summed E-state index contributed by atoms with van der Waals surface area (Å²) in [6.07, 6.45) is 5.09. The number of hydrogen-bond acceptors (Lipinski definition) is 2. The summed E-state index contributed by atoms with van der Waals surface area (Å²) < 4.78 is 14.0. The number of pyridine rings is 1. The highest BCUT2D eigenvalue weighted by molar-refractivity contribution is 6.30. The van der Waals surface area contributed by atoms with Gasteiger partial charge in [-0.2, -0.15) is 0 Å². The largest absolute Gasteiger partial charge is 0.350 e. The van der Waals surface area contributed by atoms with Crippen molar-refractivity contribution in [1.29, 1.82) is 0 Å². The lowest BCUT2D eigenvalue weighted by molar-refractivity contribution is -0.119. The first-order valence-corrected chi connectivity index (χ1v) is 9.09. The second-order valence-corrected chi connectivity index (χ2v) is 7.26. The van der Waals surface area contributed by atoms with Gasteiger partial charge in [0.15, 0.2) is 0 Å². The third-order valence-electron chi connectivity index (χ3n) is 4.87. The summed E-state index contributed by atoms with van der Waals surface area (Å²) in [4.78, 5) is 26.9. The SMILES string of the molecule is O=C1CC[C@H](/C=C(/c2ccc(Cl)c(F)c2)c2ccc(C3CC3)c(=O)[nH]2)N1. The Hall–Kier alpha value is -2.40. The van der Waals surface area contributed by atoms with Gasteiger partial charge in [-0.15, -0.1) is 0 Å². The number of halogens is 2. The van der Waals surface area contributed by atoms with Gasteiger partial charge in [-0.1, -0.05) is 29.8 Å². The van der Waals surface area contributed by atoms with Gasteiger partial charge in [-0.05, 0) is 48.9 Å². The Kier molecular flexibility index (Phi) is 4.41. The summed E-state index contributed by atoms with van der Waals surface area (Å²) >= 11 is 5.80. The Balaban J connectivity index is 1.78. The van der Waals surface area contributed by atoms with Gasteiger partial charge in [-0.3, -0.25) is 9.59 Å². The molecule has 4 rings (SSSR count). The maximum atomic E-state index is 14.0. The van der Waals surface area contributed by atoms with Crippen LogP contribution in [0.4, 0.5) is 4.39 Å². The predicted octanol–water partition coefficient (Wildman–Crippen LogP) is 3.76. The highest BCUT2D eigenvalue weighted by atomic mass is 35.5. The molecule has 2 heterocycles. The molecule has 1 aromatic heterocycles. The van der Waals surface area contributed by atoms with Crippen LogP contribution >= 0.6 is 11.6 Å². The molecule has 26 heavy (non-hydrogen) atoms. The molecular formula is C20H18ClFN2O2. The molecule has 2 N–H and O–H groups in total. The van der Waals surface area contributed by atoms with Gasteiger partial charge in [0, 0.05) is 29.3 Å². The van der Waals surface area contributed by atoms with E-state index in [1.165, 1.54) is 12.1 Å². The van der Waals surface area contributed by atoms with E-state index >= 15 is 0 Å². The third kappa shape index (κ3) is 3.44. The zero-order valence-corrected chi connectivity index (χ0v) is 14.8. The zero-order valence-electron chi connectivity index (χ0n) is 14.0. The first-order valence-electron chi connectivity index (χ1n) is 8.71. The highest BCUT2D eigenvalue weighted by Crippen LogP contribution is 2.38. The minimum atomic E-state index is -0.525. The van der Waals surface area contributed by atoms with Crippen molar-refractivity contribution in [3.05, 3.63) is 74.4 Å². The van der Waals surface area contributed by atoms with Crippen molar-refractivity contribution in [1.82, 2.24) is 10.3 Å². The first kappa shape index (κ1) is 17.0. The van der Waals surface area contributed by atoms with Crippen molar-refractivity contribution in [2.45, 2.75) is 37.6 Å². The molecule has 0 spiro atoms. The average molecular weight is 373 g/mol.